The number of carbonyl (C=O) groups excluding carboxylic acids is 1. The Bertz CT molecular complexity index is 501. The molecular formula is C14H13F5O. The van der Waals surface area contributed by atoms with Gasteiger partial charge >= 0.3 is 6.18 Å². The number of ketones is 1. The van der Waals surface area contributed by atoms with Crippen LogP contribution in [-0.4, -0.2) is 12.0 Å². The summed E-state index contributed by atoms with van der Waals surface area (Å²) in [7, 11) is 0. The Morgan fingerprint density at radius 2 is 1.65 bits per heavy atom. The highest BCUT2D eigenvalue weighted by molar-refractivity contribution is 5.98. The van der Waals surface area contributed by atoms with Gasteiger partial charge in [0, 0.05) is 5.92 Å². The van der Waals surface area contributed by atoms with E-state index < -0.39 is 35.4 Å². The minimum absolute atomic E-state index is 0.0545. The molecule has 1 aliphatic carbocycles. The van der Waals surface area contributed by atoms with Crippen molar-refractivity contribution >= 4 is 5.78 Å². The summed E-state index contributed by atoms with van der Waals surface area (Å²) in [5.74, 6) is -4.25. The summed E-state index contributed by atoms with van der Waals surface area (Å²) >= 11 is 0. The van der Waals surface area contributed by atoms with Crippen molar-refractivity contribution in [2.75, 3.05) is 0 Å². The molecule has 6 heteroatoms. The van der Waals surface area contributed by atoms with E-state index in [1.165, 1.54) is 0 Å². The average molecular weight is 292 g/mol. The van der Waals surface area contributed by atoms with Crippen molar-refractivity contribution in [1.29, 1.82) is 0 Å². The number of hydrogen-bond donors (Lipinski definition) is 0. The zero-order valence-corrected chi connectivity index (χ0v) is 10.5. The molecule has 1 fully saturated rings. The van der Waals surface area contributed by atoms with Gasteiger partial charge in [-0.05, 0) is 43.9 Å². The Morgan fingerprint density at radius 1 is 1.05 bits per heavy atom. The highest BCUT2D eigenvalue weighted by Crippen LogP contribution is 2.40. The van der Waals surface area contributed by atoms with Crippen LogP contribution in [0, 0.1) is 23.5 Å². The largest absolute Gasteiger partial charge is 0.391 e. The molecule has 0 atom stereocenters. The first-order chi connectivity index (χ1) is 9.29. The summed E-state index contributed by atoms with van der Waals surface area (Å²) in [6.45, 7) is 0. The van der Waals surface area contributed by atoms with Gasteiger partial charge in [0.05, 0.1) is 11.5 Å². The first kappa shape index (κ1) is 14.9. The van der Waals surface area contributed by atoms with E-state index in [-0.39, 0.29) is 31.2 Å². The van der Waals surface area contributed by atoms with Crippen molar-refractivity contribution in [2.45, 2.75) is 31.9 Å². The molecule has 0 spiro atoms. The van der Waals surface area contributed by atoms with E-state index in [9.17, 15) is 26.7 Å². The second-order valence-corrected chi connectivity index (χ2v) is 5.08. The van der Waals surface area contributed by atoms with Crippen LogP contribution in [-0.2, 0) is 0 Å². The molecule has 0 saturated heterocycles. The quantitative estimate of drug-likeness (QED) is 0.578. The smallest absolute Gasteiger partial charge is 0.294 e. The Kier molecular flexibility index (Phi) is 4.11. The van der Waals surface area contributed by atoms with E-state index in [1.807, 2.05) is 0 Å². The summed E-state index contributed by atoms with van der Waals surface area (Å²) in [6.07, 6.45) is -4.43. The van der Waals surface area contributed by atoms with Crippen LogP contribution >= 0.6 is 0 Å². The fraction of sp³-hybridized carbons (Fsp3) is 0.500. The Morgan fingerprint density at radius 3 is 2.20 bits per heavy atom. The van der Waals surface area contributed by atoms with Crippen LogP contribution in [0.25, 0.3) is 0 Å². The Balaban J connectivity index is 2.07. The summed E-state index contributed by atoms with van der Waals surface area (Å²) in [4.78, 5) is 12.0. The number of hydrogen-bond acceptors (Lipinski definition) is 1. The topological polar surface area (TPSA) is 17.1 Å². The van der Waals surface area contributed by atoms with E-state index in [1.54, 1.807) is 0 Å². The van der Waals surface area contributed by atoms with E-state index >= 15 is 0 Å². The van der Waals surface area contributed by atoms with Gasteiger partial charge in [0.15, 0.2) is 5.78 Å². The number of benzene rings is 1. The van der Waals surface area contributed by atoms with Gasteiger partial charge in [0.25, 0.3) is 0 Å². The minimum atomic E-state index is -4.25. The van der Waals surface area contributed by atoms with Gasteiger partial charge in [-0.25, -0.2) is 8.78 Å². The molecule has 0 unspecified atom stereocenters. The second kappa shape index (κ2) is 5.50. The second-order valence-electron chi connectivity index (χ2n) is 5.08. The lowest BCUT2D eigenvalue weighted by Crippen LogP contribution is -2.30. The van der Waals surface area contributed by atoms with Crippen molar-refractivity contribution in [3.8, 4) is 0 Å². The molecule has 1 aliphatic rings. The molecule has 0 bridgehead atoms. The van der Waals surface area contributed by atoms with Crippen LogP contribution in [0.15, 0.2) is 18.2 Å². The molecule has 1 aromatic rings. The highest BCUT2D eigenvalue weighted by atomic mass is 19.4. The molecule has 1 saturated carbocycles. The maximum absolute atomic E-state index is 13.5. The number of carbonyl (C=O) groups is 1. The monoisotopic (exact) mass is 292 g/mol. The third kappa shape index (κ3) is 3.16. The van der Waals surface area contributed by atoms with Crippen LogP contribution < -0.4 is 0 Å². The molecule has 0 heterocycles. The van der Waals surface area contributed by atoms with E-state index in [0.29, 0.717) is 0 Å². The normalized spacial score (nSPS) is 23.6. The maximum Gasteiger partial charge on any atom is 0.391 e. The van der Waals surface area contributed by atoms with Crippen LogP contribution in [0.4, 0.5) is 22.0 Å². The average Bonchev–Trinajstić information content (AvgIpc) is 2.40. The van der Waals surface area contributed by atoms with Crippen LogP contribution in [0.3, 0.4) is 0 Å². The van der Waals surface area contributed by atoms with Gasteiger partial charge < -0.3 is 0 Å². The molecule has 0 amide bonds. The van der Waals surface area contributed by atoms with E-state index in [0.717, 1.165) is 18.2 Å². The summed E-state index contributed by atoms with van der Waals surface area (Å²) in [6, 6.07) is 2.55. The van der Waals surface area contributed by atoms with Gasteiger partial charge in [-0.1, -0.05) is 0 Å². The summed E-state index contributed by atoms with van der Waals surface area (Å²) in [5, 5.41) is 0. The number of rotatable bonds is 2. The predicted molar refractivity (Wildman–Crippen MR) is 62.2 cm³/mol. The lowest BCUT2D eigenvalue weighted by atomic mass is 9.78. The van der Waals surface area contributed by atoms with Gasteiger partial charge in [-0.2, -0.15) is 13.2 Å². The van der Waals surface area contributed by atoms with Gasteiger partial charge in [-0.15, -0.1) is 0 Å². The molecule has 0 radical (unpaired) electrons. The zero-order valence-electron chi connectivity index (χ0n) is 10.5. The van der Waals surface area contributed by atoms with Crippen molar-refractivity contribution in [2.24, 2.45) is 11.8 Å². The Hall–Kier alpha value is -1.46. The van der Waals surface area contributed by atoms with Crippen molar-refractivity contribution in [3.63, 3.8) is 0 Å². The zero-order chi connectivity index (χ0) is 14.9. The van der Waals surface area contributed by atoms with E-state index in [4.69, 9.17) is 0 Å². The third-order valence-corrected chi connectivity index (χ3v) is 3.75. The molecule has 0 N–H and O–H groups in total. The fourth-order valence-corrected chi connectivity index (χ4v) is 2.59. The van der Waals surface area contributed by atoms with Crippen LogP contribution in [0.1, 0.15) is 36.0 Å². The molecular weight excluding hydrogens is 279 g/mol. The minimum Gasteiger partial charge on any atom is -0.294 e. The first-order valence-corrected chi connectivity index (χ1v) is 6.35. The lowest BCUT2D eigenvalue weighted by molar-refractivity contribution is -0.183. The molecule has 1 nitrogen and oxygen atoms in total. The van der Waals surface area contributed by atoms with E-state index in [2.05, 4.69) is 0 Å². The molecule has 1 aromatic carbocycles. The number of halogens is 5. The third-order valence-electron chi connectivity index (χ3n) is 3.75. The van der Waals surface area contributed by atoms with Crippen LogP contribution in [0.5, 0.6) is 0 Å². The maximum atomic E-state index is 13.5. The molecule has 0 aliphatic heterocycles. The van der Waals surface area contributed by atoms with Crippen molar-refractivity contribution in [3.05, 3.63) is 35.4 Å². The lowest BCUT2D eigenvalue weighted by Gasteiger charge is -2.29. The molecule has 110 valence electrons. The van der Waals surface area contributed by atoms with Crippen LogP contribution in [0.2, 0.25) is 0 Å². The first-order valence-electron chi connectivity index (χ1n) is 6.35. The fourth-order valence-electron chi connectivity index (χ4n) is 2.59. The number of alkyl halides is 3. The summed E-state index contributed by atoms with van der Waals surface area (Å²) in [5.41, 5.74) is -0.375. The molecule has 2 rings (SSSR count). The molecule has 0 aromatic heterocycles. The standard InChI is InChI=1S/C14H13F5O/c15-10-5-6-12(16)11(7-10)13(20)8-1-3-9(4-2-8)14(17,18)19/h5-9H,1-4H2. The predicted octanol–water partition coefficient (Wildman–Crippen LogP) is 4.52. The Labute approximate surface area is 112 Å². The number of Topliss-reactive ketones (excluding diaryl/α,β-unsaturated/α-hetero) is 1. The highest BCUT2D eigenvalue weighted by Gasteiger charge is 2.42. The van der Waals surface area contributed by atoms with Crippen molar-refractivity contribution in [1.82, 2.24) is 0 Å². The van der Waals surface area contributed by atoms with Gasteiger partial charge in [-0.3, -0.25) is 4.79 Å². The van der Waals surface area contributed by atoms with Crippen molar-refractivity contribution < 1.29 is 26.7 Å². The SMILES string of the molecule is O=C(c1cc(F)ccc1F)C1CCC(C(F)(F)F)CC1. The van der Waals surface area contributed by atoms with Gasteiger partial charge in [0.1, 0.15) is 11.6 Å². The van der Waals surface area contributed by atoms with Gasteiger partial charge in [0.2, 0.25) is 0 Å². The molecule has 20 heavy (non-hydrogen) atoms. The summed E-state index contributed by atoms with van der Waals surface area (Å²) < 4.78 is 64.0.